The first-order chi connectivity index (χ1) is 25.9. The van der Waals surface area contributed by atoms with Crippen molar-refractivity contribution >= 4 is 131 Å². The molecule has 0 unspecified atom stereocenters. The van der Waals surface area contributed by atoms with Gasteiger partial charge in [0.1, 0.15) is 45.1 Å². The number of imidazole rings is 1. The van der Waals surface area contributed by atoms with Gasteiger partial charge in [0.25, 0.3) is 0 Å². The molecule has 0 amide bonds. The lowest BCUT2D eigenvalue weighted by molar-refractivity contribution is 1.11. The van der Waals surface area contributed by atoms with Crippen LogP contribution in [-0.2, 0) is 0 Å². The lowest BCUT2D eigenvalue weighted by Gasteiger charge is -2.22. The summed E-state index contributed by atoms with van der Waals surface area (Å²) in [6, 6.07) is 49.4. The lowest BCUT2D eigenvalue weighted by atomic mass is 9.60. The monoisotopic (exact) mass is 678 g/mol. The maximum Gasteiger partial charge on any atom is 0.144 e. The van der Waals surface area contributed by atoms with Gasteiger partial charge in [0.15, 0.2) is 0 Å². The minimum Gasteiger partial charge on any atom is -0.292 e. The van der Waals surface area contributed by atoms with E-state index in [1.165, 1.54) is 42.1 Å². The fourth-order valence-electron chi connectivity index (χ4n) is 7.98. The lowest BCUT2D eigenvalue weighted by Crippen LogP contribution is -2.55. The summed E-state index contributed by atoms with van der Waals surface area (Å²) >= 11 is 1.84. The second kappa shape index (κ2) is 12.2. The second-order valence-corrected chi connectivity index (χ2v) is 14.5. The number of nitrogens with zero attached hydrogens (tertiary/aromatic N) is 2. The Kier molecular flexibility index (Phi) is 7.35. The maximum absolute atomic E-state index is 6.62. The molecule has 0 aliphatic rings. The van der Waals surface area contributed by atoms with Crippen LogP contribution in [0, 0.1) is 0 Å². The Balaban J connectivity index is 1.23. The van der Waals surface area contributed by atoms with E-state index in [2.05, 4.69) is 120 Å². The van der Waals surface area contributed by atoms with Gasteiger partial charge in [-0.3, -0.25) is 4.57 Å². The van der Waals surface area contributed by atoms with Crippen LogP contribution in [-0.4, -0.2) is 48.8 Å². The Labute approximate surface area is 317 Å². The van der Waals surface area contributed by atoms with E-state index in [9.17, 15) is 0 Å². The Bertz CT molecular complexity index is 3060. The smallest absolute Gasteiger partial charge is 0.144 e. The highest BCUT2D eigenvalue weighted by atomic mass is 32.1. The van der Waals surface area contributed by atoms with Crippen LogP contribution in [0.4, 0.5) is 0 Å². The average Bonchev–Trinajstić information content (AvgIpc) is 3.77. The summed E-state index contributed by atoms with van der Waals surface area (Å²) < 4.78 is 4.65. The van der Waals surface area contributed by atoms with Crippen molar-refractivity contribution < 1.29 is 0 Å². The molecule has 2 aromatic heterocycles. The topological polar surface area (TPSA) is 17.8 Å². The molecular formula is C45H23B5N2S. The van der Waals surface area contributed by atoms with Crippen molar-refractivity contribution in [1.29, 1.82) is 0 Å². The zero-order valence-electron chi connectivity index (χ0n) is 28.5. The van der Waals surface area contributed by atoms with E-state index in [1.54, 1.807) is 0 Å². The number of hydrogen-bond acceptors (Lipinski definition) is 2. The largest absolute Gasteiger partial charge is 0.292 e. The molecule has 0 aliphatic carbocycles. The molecule has 53 heavy (non-hydrogen) atoms. The number of para-hydroxylation sites is 2. The molecule has 0 fully saturated rings. The van der Waals surface area contributed by atoms with Gasteiger partial charge < -0.3 is 0 Å². The van der Waals surface area contributed by atoms with E-state index < -0.39 is 0 Å². The molecule has 10 rings (SSSR count). The quantitative estimate of drug-likeness (QED) is 0.150. The molecule has 0 N–H and O–H groups in total. The molecule has 0 atom stereocenters. The zero-order chi connectivity index (χ0) is 36.0. The van der Waals surface area contributed by atoms with Crippen LogP contribution in [0.2, 0.25) is 0 Å². The Morgan fingerprint density at radius 2 is 0.943 bits per heavy atom. The van der Waals surface area contributed by atoms with Gasteiger partial charge in [-0.25, -0.2) is 4.98 Å². The summed E-state index contributed by atoms with van der Waals surface area (Å²) in [6.45, 7) is 0. The molecular weight excluding hydrogens is 655 g/mol. The van der Waals surface area contributed by atoms with Crippen molar-refractivity contribution in [2.24, 2.45) is 0 Å². The van der Waals surface area contributed by atoms with Gasteiger partial charge in [-0.1, -0.05) is 108 Å². The number of fused-ring (bicyclic) bond motifs is 6. The van der Waals surface area contributed by atoms with E-state index in [4.69, 9.17) is 44.2 Å². The van der Waals surface area contributed by atoms with Gasteiger partial charge in [0.05, 0.1) is 11.0 Å². The fourth-order valence-corrected chi connectivity index (χ4v) is 9.06. The second-order valence-electron chi connectivity index (χ2n) is 13.4. The molecule has 0 saturated carbocycles. The molecule has 8 aromatic carbocycles. The van der Waals surface area contributed by atoms with E-state index in [0.717, 1.165) is 38.6 Å². The number of benzene rings is 8. The van der Waals surface area contributed by atoms with Gasteiger partial charge in [0.2, 0.25) is 0 Å². The number of thiophene rings is 1. The zero-order valence-corrected chi connectivity index (χ0v) is 29.3. The average molecular weight is 678 g/mol. The predicted octanol–water partition coefficient (Wildman–Crippen LogP) is 6.67. The van der Waals surface area contributed by atoms with E-state index in [-0.39, 0.29) is 27.3 Å². The molecule has 8 heteroatoms. The fraction of sp³-hybridized carbons (Fsp3) is 0. The summed E-state index contributed by atoms with van der Waals surface area (Å²) in [5, 5.41) is 7.27. The SMILES string of the molecule is [B]c1c([B])c([B])c(-c2nc3ccccc3n2-c2cccc(-c3c4ccccc4c(-c4ccc5sc6ccccc6c5c4)c4ccccc34)c2)c([B])c1[B]. The van der Waals surface area contributed by atoms with Gasteiger partial charge in [0, 0.05) is 31.4 Å². The molecule has 234 valence electrons. The summed E-state index contributed by atoms with van der Waals surface area (Å²) in [7, 11) is 32.1. The summed E-state index contributed by atoms with van der Waals surface area (Å²) in [5.41, 5.74) is 8.62. The third-order valence-electron chi connectivity index (χ3n) is 10.5. The molecule has 2 nitrogen and oxygen atoms in total. The minimum absolute atomic E-state index is 0.166. The molecule has 10 radical (unpaired) electrons. The van der Waals surface area contributed by atoms with Crippen LogP contribution in [0.15, 0.2) is 140 Å². The van der Waals surface area contributed by atoms with Crippen molar-refractivity contribution in [3.63, 3.8) is 0 Å². The van der Waals surface area contributed by atoms with Gasteiger partial charge in [-0.05, 0) is 86.3 Å². The van der Waals surface area contributed by atoms with Crippen LogP contribution in [0.1, 0.15) is 0 Å². The molecule has 0 saturated heterocycles. The summed E-state index contributed by atoms with van der Waals surface area (Å²) in [5.74, 6) is 0.526. The van der Waals surface area contributed by atoms with Crippen molar-refractivity contribution in [3.8, 4) is 39.3 Å². The van der Waals surface area contributed by atoms with Crippen molar-refractivity contribution in [2.45, 2.75) is 0 Å². The highest BCUT2D eigenvalue weighted by Crippen LogP contribution is 2.45. The van der Waals surface area contributed by atoms with Gasteiger partial charge >= 0.3 is 0 Å². The first-order valence-electron chi connectivity index (χ1n) is 17.3. The molecule has 2 heterocycles. The van der Waals surface area contributed by atoms with Crippen LogP contribution in [0.5, 0.6) is 0 Å². The summed E-state index contributed by atoms with van der Waals surface area (Å²) in [6.07, 6.45) is 0. The third-order valence-corrected chi connectivity index (χ3v) is 11.6. The Hall–Kier alpha value is -5.71. The maximum atomic E-state index is 6.62. The van der Waals surface area contributed by atoms with Gasteiger partial charge in [-0.15, -0.1) is 27.7 Å². The van der Waals surface area contributed by atoms with Crippen LogP contribution in [0.3, 0.4) is 0 Å². The summed E-state index contributed by atoms with van der Waals surface area (Å²) in [4.78, 5) is 5.03. The van der Waals surface area contributed by atoms with Gasteiger partial charge in [-0.2, -0.15) is 0 Å². The molecule has 0 bridgehead atoms. The highest BCUT2D eigenvalue weighted by Gasteiger charge is 2.22. The standard InChI is InChI=1S/C45H23B5N2S/c46-40-39(41(47)43(49)44(50)42(40)48)45-51-33-17-6-7-18-34(33)52(45)26-11-9-10-24(22-26)37-28-13-1-3-15-30(28)38(31-16-4-2-14-29(31)37)25-20-21-36-32(23-25)27-12-5-8-19-35(27)53-36/h1-23H. The van der Waals surface area contributed by atoms with Crippen LogP contribution >= 0.6 is 11.3 Å². The van der Waals surface area contributed by atoms with Crippen LogP contribution < -0.4 is 27.3 Å². The van der Waals surface area contributed by atoms with E-state index >= 15 is 0 Å². The Morgan fingerprint density at radius 1 is 0.415 bits per heavy atom. The minimum atomic E-state index is 0.166. The molecule has 10 aromatic rings. The number of rotatable bonds is 4. The first-order valence-corrected chi connectivity index (χ1v) is 18.2. The number of aromatic nitrogens is 2. The first kappa shape index (κ1) is 32.0. The van der Waals surface area contributed by atoms with Crippen LogP contribution in [0.25, 0.3) is 92.1 Å². The predicted molar refractivity (Wildman–Crippen MR) is 232 cm³/mol. The third kappa shape index (κ3) is 4.82. The van der Waals surface area contributed by atoms with E-state index in [1.807, 2.05) is 35.6 Å². The molecule has 0 aliphatic heterocycles. The highest BCUT2D eigenvalue weighted by molar-refractivity contribution is 7.25. The Morgan fingerprint density at radius 3 is 1.60 bits per heavy atom. The van der Waals surface area contributed by atoms with Crippen molar-refractivity contribution in [3.05, 3.63) is 140 Å². The van der Waals surface area contributed by atoms with E-state index in [0.29, 0.717) is 11.4 Å². The van der Waals surface area contributed by atoms with Crippen molar-refractivity contribution in [2.75, 3.05) is 0 Å². The number of hydrogen-bond donors (Lipinski definition) is 0. The molecule has 0 spiro atoms. The van der Waals surface area contributed by atoms with Crippen molar-refractivity contribution in [1.82, 2.24) is 9.55 Å². The normalized spacial score (nSPS) is 11.8.